The van der Waals surface area contributed by atoms with Crippen LogP contribution in [0.5, 0.6) is 5.75 Å². The van der Waals surface area contributed by atoms with Gasteiger partial charge in [0.2, 0.25) is 0 Å². The van der Waals surface area contributed by atoms with Crippen molar-refractivity contribution in [1.82, 2.24) is 0 Å². The van der Waals surface area contributed by atoms with Crippen LogP contribution in [-0.2, 0) is 4.74 Å². The van der Waals surface area contributed by atoms with Crippen LogP contribution >= 0.6 is 8.15 Å². The molecule has 0 aromatic heterocycles. The lowest BCUT2D eigenvalue weighted by Crippen LogP contribution is -2.18. The Morgan fingerprint density at radius 1 is 1.21 bits per heavy atom. The van der Waals surface area contributed by atoms with E-state index in [0.29, 0.717) is 18.3 Å². The van der Waals surface area contributed by atoms with E-state index in [2.05, 4.69) is 6.58 Å². The van der Waals surface area contributed by atoms with Crippen LogP contribution in [0.3, 0.4) is 0 Å². The average Bonchev–Trinajstić information content (AvgIpc) is 3.73. The average molecular weight is 495 g/mol. The van der Waals surface area contributed by atoms with Gasteiger partial charge in [-0.1, -0.05) is 31.9 Å². The molecule has 0 bridgehead atoms. The van der Waals surface area contributed by atoms with Gasteiger partial charge in [-0.2, -0.15) is 0 Å². The number of allylic oxidation sites excluding steroid dienone is 4. The summed E-state index contributed by atoms with van der Waals surface area (Å²) in [6.45, 7) is 8.28. The Labute approximate surface area is 205 Å². The molecule has 1 N–H and O–H groups in total. The van der Waals surface area contributed by atoms with E-state index in [1.165, 1.54) is 25.3 Å². The monoisotopic (exact) mass is 494 g/mol. The van der Waals surface area contributed by atoms with E-state index in [0.717, 1.165) is 55.2 Å². The molecule has 2 fully saturated rings. The number of hydrogen-bond donors (Lipinski definition) is 1. The van der Waals surface area contributed by atoms with Gasteiger partial charge in [-0.05, 0) is 105 Å². The molecule has 3 nitrogen and oxygen atoms in total. The van der Waals surface area contributed by atoms with Crippen molar-refractivity contribution in [3.05, 3.63) is 65.5 Å². The lowest BCUT2D eigenvalue weighted by atomic mass is 9.77. The van der Waals surface area contributed by atoms with E-state index < -0.39 is 14.6 Å². The van der Waals surface area contributed by atoms with Gasteiger partial charge in [0.25, 0.3) is 6.43 Å². The van der Waals surface area contributed by atoms with Gasteiger partial charge in [0, 0.05) is 13.7 Å². The summed E-state index contributed by atoms with van der Waals surface area (Å²) in [7, 11) is 0.649. The number of alkyl halides is 2. The fraction of sp³-hybridized carbons (Fsp3) is 0.571. The quantitative estimate of drug-likeness (QED) is 0.190. The van der Waals surface area contributed by atoms with Gasteiger partial charge < -0.3 is 14.4 Å². The summed E-state index contributed by atoms with van der Waals surface area (Å²) < 4.78 is 38.2. The molecular formula is C28H41F2O3P. The van der Waals surface area contributed by atoms with Crippen molar-refractivity contribution in [3.8, 4) is 5.75 Å². The number of methoxy groups -OCH3 is 1. The summed E-state index contributed by atoms with van der Waals surface area (Å²) in [6.07, 6.45) is 13.0. The molecule has 1 unspecified atom stereocenters. The Hall–Kier alpha value is -1.71. The number of hydrogen-bond acceptors (Lipinski definition) is 3. The second-order valence-electron chi connectivity index (χ2n) is 9.13. The summed E-state index contributed by atoms with van der Waals surface area (Å²) in [5, 5.41) is 0. The first kappa shape index (κ1) is 28.5. The van der Waals surface area contributed by atoms with E-state index in [1.54, 1.807) is 25.3 Å². The largest absolute Gasteiger partial charge is 0.497 e. The minimum atomic E-state index is -2.47. The molecule has 0 heterocycles. The van der Waals surface area contributed by atoms with Crippen LogP contribution in [0.2, 0.25) is 0 Å². The Balaban J connectivity index is 0.00000126. The molecule has 6 heteroatoms. The highest BCUT2D eigenvalue weighted by molar-refractivity contribution is 7.50. The molecular weight excluding hydrogens is 453 g/mol. The van der Waals surface area contributed by atoms with E-state index in [-0.39, 0.29) is 11.5 Å². The first-order valence-corrected chi connectivity index (χ1v) is 14.3. The molecule has 3 rings (SSSR count). The van der Waals surface area contributed by atoms with Gasteiger partial charge in [0.05, 0.1) is 13.7 Å². The summed E-state index contributed by atoms with van der Waals surface area (Å²) in [5.41, 5.74) is 1.97. The summed E-state index contributed by atoms with van der Waals surface area (Å²) in [4.78, 5) is 9.56. The maximum Gasteiger partial charge on any atom is 0.264 e. The molecule has 0 amide bonds. The van der Waals surface area contributed by atoms with Gasteiger partial charge >= 0.3 is 0 Å². The first-order chi connectivity index (χ1) is 16.4. The van der Waals surface area contributed by atoms with Crippen molar-refractivity contribution in [1.29, 1.82) is 0 Å². The maximum absolute atomic E-state index is 13.5. The highest BCUT2D eigenvalue weighted by atomic mass is 31.1. The lowest BCUT2D eigenvalue weighted by Gasteiger charge is -2.30. The predicted octanol–water partition coefficient (Wildman–Crippen LogP) is 8.52. The fourth-order valence-corrected chi connectivity index (χ4v) is 4.60. The molecule has 34 heavy (non-hydrogen) atoms. The van der Waals surface area contributed by atoms with Crippen LogP contribution in [0.4, 0.5) is 8.78 Å². The molecule has 2 saturated carbocycles. The highest BCUT2D eigenvalue weighted by Crippen LogP contribution is 2.41. The van der Waals surface area contributed by atoms with Crippen molar-refractivity contribution >= 4 is 8.15 Å². The Bertz CT molecular complexity index is 807. The van der Waals surface area contributed by atoms with Crippen molar-refractivity contribution in [2.75, 3.05) is 26.5 Å². The first-order valence-electron chi connectivity index (χ1n) is 12.4. The summed E-state index contributed by atoms with van der Waals surface area (Å²) in [5.74, 6) is 1.89. The summed E-state index contributed by atoms with van der Waals surface area (Å²) in [6, 6.07) is 4.87. The topological polar surface area (TPSA) is 38.7 Å². The minimum absolute atomic E-state index is 0.120. The zero-order valence-corrected chi connectivity index (χ0v) is 21.8. The zero-order valence-electron chi connectivity index (χ0n) is 20.9. The van der Waals surface area contributed by atoms with E-state index >= 15 is 0 Å². The lowest BCUT2D eigenvalue weighted by molar-refractivity contribution is 0.139. The van der Waals surface area contributed by atoms with Crippen LogP contribution in [0.15, 0.2) is 54.3 Å². The molecule has 2 aliphatic rings. The molecule has 0 spiro atoms. The number of ether oxygens (including phenoxy) is 2. The maximum atomic E-state index is 13.5. The molecule has 1 aromatic carbocycles. The van der Waals surface area contributed by atoms with Gasteiger partial charge in [0.1, 0.15) is 11.5 Å². The minimum Gasteiger partial charge on any atom is -0.497 e. The number of benzene rings is 1. The van der Waals surface area contributed by atoms with E-state index in [1.807, 2.05) is 25.7 Å². The summed E-state index contributed by atoms with van der Waals surface area (Å²) >= 11 is 0. The van der Waals surface area contributed by atoms with Crippen LogP contribution in [0.25, 0.3) is 0 Å². The standard InChI is InChI=1S/C25H35F2O3P.C3H6/c1-5-18(13-14-31(4)28)15-21(6-2)30-17-19-7-9-20(10-8-19)24-16-22(29-3)11-12-23(24)25(26)27;1-2-3-1/h5-6,11-12,15-16,19-20,25,28H,2,7-10,13-14,17H2,1,3-4H3;1-3H2/b18-5-,21-15+;. The molecule has 0 aliphatic heterocycles. The predicted molar refractivity (Wildman–Crippen MR) is 139 cm³/mol. The van der Waals surface area contributed by atoms with Crippen LogP contribution in [0, 0.1) is 5.92 Å². The third kappa shape index (κ3) is 10.3. The fourth-order valence-electron chi connectivity index (χ4n) is 4.02. The van der Waals surface area contributed by atoms with E-state index in [9.17, 15) is 13.7 Å². The third-order valence-electron chi connectivity index (χ3n) is 6.28. The highest BCUT2D eigenvalue weighted by Gasteiger charge is 2.27. The number of halogens is 2. The van der Waals surface area contributed by atoms with Gasteiger partial charge in [-0.3, -0.25) is 0 Å². The van der Waals surface area contributed by atoms with Crippen molar-refractivity contribution in [3.63, 3.8) is 0 Å². The van der Waals surface area contributed by atoms with Crippen molar-refractivity contribution in [2.45, 2.75) is 70.6 Å². The van der Waals surface area contributed by atoms with Gasteiger partial charge in [-0.25, -0.2) is 8.78 Å². The van der Waals surface area contributed by atoms with Crippen LogP contribution in [-0.4, -0.2) is 31.4 Å². The molecule has 1 atom stereocenters. The molecule has 0 radical (unpaired) electrons. The van der Waals surface area contributed by atoms with Gasteiger partial charge in [0.15, 0.2) is 0 Å². The Morgan fingerprint density at radius 2 is 1.88 bits per heavy atom. The molecule has 0 saturated heterocycles. The Morgan fingerprint density at radius 3 is 2.38 bits per heavy atom. The number of rotatable bonds is 11. The third-order valence-corrected chi connectivity index (χ3v) is 7.15. The second kappa shape index (κ2) is 15.3. The second-order valence-corrected chi connectivity index (χ2v) is 10.9. The SMILES string of the molecule is C1CC1.C=C/C(=C\C(=C/C)CCP(C)O)OCC1CCC(c2cc(OC)ccc2C(F)F)CC1. The normalized spacial score (nSPS) is 21.4. The van der Waals surface area contributed by atoms with Gasteiger partial charge in [-0.15, -0.1) is 0 Å². The molecule has 1 aromatic rings. The van der Waals surface area contributed by atoms with E-state index in [4.69, 9.17) is 9.47 Å². The zero-order chi connectivity index (χ0) is 24.9. The molecule has 190 valence electrons. The smallest absolute Gasteiger partial charge is 0.264 e. The Kier molecular flexibility index (Phi) is 12.9. The van der Waals surface area contributed by atoms with Crippen LogP contribution < -0.4 is 4.74 Å². The molecule has 2 aliphatic carbocycles. The van der Waals surface area contributed by atoms with Crippen molar-refractivity contribution < 1.29 is 23.1 Å². The van der Waals surface area contributed by atoms with Crippen molar-refractivity contribution in [2.24, 2.45) is 5.92 Å². The van der Waals surface area contributed by atoms with Crippen LogP contribution in [0.1, 0.15) is 81.8 Å².